The van der Waals surface area contributed by atoms with E-state index in [4.69, 9.17) is 8.92 Å². The van der Waals surface area contributed by atoms with E-state index >= 15 is 0 Å². The van der Waals surface area contributed by atoms with E-state index in [1.165, 1.54) is 19.2 Å². The van der Waals surface area contributed by atoms with Crippen molar-refractivity contribution in [2.75, 3.05) is 7.11 Å². The molecule has 0 aliphatic rings. The van der Waals surface area contributed by atoms with Gasteiger partial charge in [-0.1, -0.05) is 29.8 Å². The zero-order valence-electron chi connectivity index (χ0n) is 12.2. The van der Waals surface area contributed by atoms with Gasteiger partial charge in [0.25, 0.3) is 10.1 Å². The van der Waals surface area contributed by atoms with Crippen LogP contribution in [0.15, 0.2) is 53.4 Å². The molecule has 1 atom stereocenters. The van der Waals surface area contributed by atoms with Gasteiger partial charge in [-0.05, 0) is 36.8 Å². The highest BCUT2D eigenvalue weighted by Crippen LogP contribution is 2.24. The molecular weight excluding hydrogens is 304 g/mol. The first-order valence-corrected chi connectivity index (χ1v) is 7.96. The topological polar surface area (TPSA) is 69.7 Å². The molecule has 5 nitrogen and oxygen atoms in total. The summed E-state index contributed by atoms with van der Waals surface area (Å²) in [5.41, 5.74) is 1.37. The van der Waals surface area contributed by atoms with Crippen molar-refractivity contribution in [2.24, 2.45) is 0 Å². The molecule has 1 unspecified atom stereocenters. The van der Waals surface area contributed by atoms with Crippen molar-refractivity contribution in [2.45, 2.75) is 17.9 Å². The minimum absolute atomic E-state index is 0.0125. The van der Waals surface area contributed by atoms with Crippen LogP contribution in [0.25, 0.3) is 0 Å². The molecule has 6 heteroatoms. The van der Waals surface area contributed by atoms with Crippen LogP contribution in [-0.4, -0.2) is 21.8 Å². The summed E-state index contributed by atoms with van der Waals surface area (Å²) in [5.74, 6) is 0.606. The third-order valence-electron chi connectivity index (χ3n) is 3.11. The summed E-state index contributed by atoms with van der Waals surface area (Å²) >= 11 is 0. The van der Waals surface area contributed by atoms with Crippen LogP contribution >= 0.6 is 0 Å². The van der Waals surface area contributed by atoms with E-state index in [2.05, 4.69) is 0 Å². The summed E-state index contributed by atoms with van der Waals surface area (Å²) in [6.45, 7) is 1.85. The van der Waals surface area contributed by atoms with Crippen LogP contribution < -0.4 is 4.74 Å². The molecule has 22 heavy (non-hydrogen) atoms. The molecular formula is C16H16O5S. The van der Waals surface area contributed by atoms with Gasteiger partial charge in [-0.3, -0.25) is 4.18 Å². The molecule has 0 radical (unpaired) electrons. The Kier molecular flexibility index (Phi) is 4.95. The fourth-order valence-electron chi connectivity index (χ4n) is 1.85. The molecule has 0 spiro atoms. The Bertz CT molecular complexity index is 733. The predicted molar refractivity (Wildman–Crippen MR) is 81.2 cm³/mol. The molecule has 0 saturated carbocycles. The van der Waals surface area contributed by atoms with Gasteiger partial charge < -0.3 is 9.53 Å². The normalized spacial score (nSPS) is 12.6. The maximum atomic E-state index is 12.2. The standard InChI is InChI=1S/C16H16O5S/c1-12-3-9-15(10-4-12)22(18,19)21-16(11-17)13-5-7-14(20-2)8-6-13/h3-11,16H,1-2H3. The SMILES string of the molecule is COc1ccc(C(C=O)OS(=O)(=O)c2ccc(C)cc2)cc1. The molecule has 0 fully saturated rings. The fourth-order valence-corrected chi connectivity index (χ4v) is 2.86. The van der Waals surface area contributed by atoms with Gasteiger partial charge in [-0.25, -0.2) is 0 Å². The van der Waals surface area contributed by atoms with E-state index in [0.29, 0.717) is 17.6 Å². The van der Waals surface area contributed by atoms with Crippen LogP contribution in [-0.2, 0) is 19.1 Å². The number of carbonyl (C=O) groups is 1. The van der Waals surface area contributed by atoms with E-state index in [0.717, 1.165) is 5.56 Å². The van der Waals surface area contributed by atoms with Crippen LogP contribution in [0.2, 0.25) is 0 Å². The van der Waals surface area contributed by atoms with Crippen molar-refractivity contribution in [3.05, 3.63) is 59.7 Å². The number of hydrogen-bond acceptors (Lipinski definition) is 5. The van der Waals surface area contributed by atoms with Crippen molar-refractivity contribution >= 4 is 16.4 Å². The molecule has 0 heterocycles. The number of rotatable bonds is 6. The molecule has 0 aromatic heterocycles. The van der Waals surface area contributed by atoms with E-state index < -0.39 is 16.2 Å². The van der Waals surface area contributed by atoms with Crippen LogP contribution in [0.5, 0.6) is 5.75 Å². The minimum Gasteiger partial charge on any atom is -0.497 e. The number of carbonyl (C=O) groups excluding carboxylic acids is 1. The third kappa shape index (κ3) is 3.72. The van der Waals surface area contributed by atoms with Crippen LogP contribution in [0.3, 0.4) is 0 Å². The number of aldehydes is 1. The average Bonchev–Trinajstić information content (AvgIpc) is 2.53. The van der Waals surface area contributed by atoms with E-state index in [1.807, 2.05) is 6.92 Å². The van der Waals surface area contributed by atoms with Crippen molar-refractivity contribution < 1.29 is 22.1 Å². The Morgan fingerprint density at radius 3 is 2.09 bits per heavy atom. The summed E-state index contributed by atoms with van der Waals surface area (Å²) in [6.07, 6.45) is -0.745. The van der Waals surface area contributed by atoms with Crippen molar-refractivity contribution in [3.8, 4) is 5.75 Å². The quantitative estimate of drug-likeness (QED) is 0.604. The molecule has 2 aromatic rings. The predicted octanol–water partition coefficient (Wildman–Crippen LogP) is 2.65. The van der Waals surface area contributed by atoms with Gasteiger partial charge in [-0.2, -0.15) is 8.42 Å². The fraction of sp³-hybridized carbons (Fsp3) is 0.188. The summed E-state index contributed by atoms with van der Waals surface area (Å²) in [5, 5.41) is 0. The van der Waals surface area contributed by atoms with Crippen molar-refractivity contribution in [1.82, 2.24) is 0 Å². The highest BCUT2D eigenvalue weighted by Gasteiger charge is 2.22. The van der Waals surface area contributed by atoms with Crippen molar-refractivity contribution in [3.63, 3.8) is 0 Å². The summed E-state index contributed by atoms with van der Waals surface area (Å²) in [6, 6.07) is 12.7. The van der Waals surface area contributed by atoms with E-state index in [9.17, 15) is 13.2 Å². The van der Waals surface area contributed by atoms with Gasteiger partial charge in [-0.15, -0.1) is 0 Å². The van der Waals surface area contributed by atoms with E-state index in [-0.39, 0.29) is 4.90 Å². The number of ether oxygens (including phenoxy) is 1. The maximum absolute atomic E-state index is 12.2. The second-order valence-corrected chi connectivity index (χ2v) is 6.27. The first kappa shape index (κ1) is 16.2. The molecule has 0 aliphatic carbocycles. The average molecular weight is 320 g/mol. The Morgan fingerprint density at radius 1 is 1.00 bits per heavy atom. The smallest absolute Gasteiger partial charge is 0.297 e. The van der Waals surface area contributed by atoms with Crippen LogP contribution in [0.1, 0.15) is 17.2 Å². The Hall–Kier alpha value is -2.18. The van der Waals surface area contributed by atoms with Crippen LogP contribution in [0, 0.1) is 6.92 Å². The lowest BCUT2D eigenvalue weighted by Crippen LogP contribution is -2.13. The highest BCUT2D eigenvalue weighted by atomic mass is 32.2. The maximum Gasteiger partial charge on any atom is 0.297 e. The Morgan fingerprint density at radius 2 is 1.59 bits per heavy atom. The zero-order valence-corrected chi connectivity index (χ0v) is 13.0. The van der Waals surface area contributed by atoms with Gasteiger partial charge in [0, 0.05) is 0 Å². The summed E-state index contributed by atoms with van der Waals surface area (Å²) in [7, 11) is -2.50. The lowest BCUT2D eigenvalue weighted by atomic mass is 10.1. The Balaban J connectivity index is 2.24. The number of methoxy groups -OCH3 is 1. The lowest BCUT2D eigenvalue weighted by Gasteiger charge is -2.13. The monoisotopic (exact) mass is 320 g/mol. The highest BCUT2D eigenvalue weighted by molar-refractivity contribution is 7.86. The number of aryl methyl sites for hydroxylation is 1. The Labute approximate surface area is 129 Å². The minimum atomic E-state index is -4.01. The summed E-state index contributed by atoms with van der Waals surface area (Å²) in [4.78, 5) is 11.2. The molecule has 0 N–H and O–H groups in total. The van der Waals surface area contributed by atoms with Gasteiger partial charge in [0.15, 0.2) is 12.4 Å². The lowest BCUT2D eigenvalue weighted by molar-refractivity contribution is -0.113. The molecule has 2 rings (SSSR count). The van der Waals surface area contributed by atoms with Gasteiger partial charge in [0.2, 0.25) is 0 Å². The second kappa shape index (κ2) is 6.72. The van der Waals surface area contributed by atoms with Crippen LogP contribution in [0.4, 0.5) is 0 Å². The largest absolute Gasteiger partial charge is 0.497 e. The van der Waals surface area contributed by atoms with Gasteiger partial charge >= 0.3 is 0 Å². The molecule has 116 valence electrons. The molecule has 0 aliphatic heterocycles. The number of hydrogen-bond donors (Lipinski definition) is 0. The second-order valence-electron chi connectivity index (χ2n) is 4.69. The van der Waals surface area contributed by atoms with Gasteiger partial charge in [0.1, 0.15) is 5.75 Å². The molecule has 0 amide bonds. The third-order valence-corrected chi connectivity index (χ3v) is 4.42. The van der Waals surface area contributed by atoms with Gasteiger partial charge in [0.05, 0.1) is 12.0 Å². The molecule has 2 aromatic carbocycles. The first-order valence-electron chi connectivity index (χ1n) is 6.55. The summed E-state index contributed by atoms with van der Waals surface area (Å²) < 4.78 is 34.5. The van der Waals surface area contributed by atoms with E-state index in [1.54, 1.807) is 36.4 Å². The molecule has 0 bridgehead atoms. The van der Waals surface area contributed by atoms with Crippen molar-refractivity contribution in [1.29, 1.82) is 0 Å². The molecule has 0 saturated heterocycles. The zero-order chi connectivity index (χ0) is 16.2. The first-order chi connectivity index (χ1) is 10.5. The number of benzene rings is 2.